The van der Waals surface area contributed by atoms with Crippen LogP contribution in [0.2, 0.25) is 0 Å². The molecule has 0 amide bonds. The molecule has 0 aromatic heterocycles. The molecule has 1 aromatic rings. The SMILES string of the molecule is CC1(C)OB(C(=Cc2cccc(C3(C#N)CC3)c2)CS)OC1(C)C. The Hall–Kier alpha value is -1.22. The molecule has 1 heterocycles. The van der Waals surface area contributed by atoms with E-state index in [4.69, 9.17) is 9.31 Å². The van der Waals surface area contributed by atoms with E-state index in [1.807, 2.05) is 45.9 Å². The van der Waals surface area contributed by atoms with Gasteiger partial charge in [-0.3, -0.25) is 0 Å². The van der Waals surface area contributed by atoms with Gasteiger partial charge in [-0.05, 0) is 57.1 Å². The van der Waals surface area contributed by atoms with Gasteiger partial charge in [-0.25, -0.2) is 0 Å². The topological polar surface area (TPSA) is 42.2 Å². The third-order valence-corrected chi connectivity index (χ3v) is 5.86. The normalized spacial score (nSPS) is 23.8. The fourth-order valence-corrected chi connectivity index (χ4v) is 3.15. The molecule has 0 spiro atoms. The highest BCUT2D eigenvalue weighted by Gasteiger charge is 2.52. The van der Waals surface area contributed by atoms with Crippen LogP contribution >= 0.6 is 12.6 Å². The summed E-state index contributed by atoms with van der Waals surface area (Å²) in [7, 11) is -0.387. The summed E-state index contributed by atoms with van der Waals surface area (Å²) in [6, 6.07) is 10.7. The predicted molar refractivity (Wildman–Crippen MR) is 101 cm³/mol. The largest absolute Gasteiger partial charge is 0.491 e. The van der Waals surface area contributed by atoms with Crippen LogP contribution in [0.4, 0.5) is 0 Å². The Kier molecular flexibility index (Phi) is 4.36. The van der Waals surface area contributed by atoms with E-state index in [1.165, 1.54) is 0 Å². The number of nitriles is 1. The van der Waals surface area contributed by atoms with Crippen LogP contribution in [-0.4, -0.2) is 24.1 Å². The van der Waals surface area contributed by atoms with Gasteiger partial charge in [0.15, 0.2) is 0 Å². The lowest BCUT2D eigenvalue weighted by Crippen LogP contribution is -2.41. The van der Waals surface area contributed by atoms with Crippen molar-refractivity contribution in [3.05, 3.63) is 40.9 Å². The maximum absolute atomic E-state index is 9.40. The van der Waals surface area contributed by atoms with Crippen molar-refractivity contribution < 1.29 is 9.31 Å². The van der Waals surface area contributed by atoms with Gasteiger partial charge in [0.2, 0.25) is 0 Å². The predicted octanol–water partition coefficient (Wildman–Crippen LogP) is 4.19. The second-order valence-corrected chi connectivity index (χ2v) is 8.10. The molecule has 2 fully saturated rings. The fourth-order valence-electron chi connectivity index (χ4n) is 2.91. The second kappa shape index (κ2) is 5.95. The van der Waals surface area contributed by atoms with E-state index in [9.17, 15) is 5.26 Å². The van der Waals surface area contributed by atoms with Gasteiger partial charge in [0.1, 0.15) is 0 Å². The molecule has 0 atom stereocenters. The molecule has 3 rings (SSSR count). The Bertz CT molecular complexity index is 700. The molecule has 3 nitrogen and oxygen atoms in total. The van der Waals surface area contributed by atoms with Gasteiger partial charge < -0.3 is 9.31 Å². The zero-order valence-corrected chi connectivity index (χ0v) is 15.7. The highest BCUT2D eigenvalue weighted by atomic mass is 32.1. The first kappa shape index (κ1) is 17.6. The van der Waals surface area contributed by atoms with Crippen LogP contribution < -0.4 is 0 Å². The summed E-state index contributed by atoms with van der Waals surface area (Å²) in [4.78, 5) is 0. The van der Waals surface area contributed by atoms with E-state index in [1.54, 1.807) is 0 Å². The molecule has 0 N–H and O–H groups in total. The zero-order chi connectivity index (χ0) is 17.6. The van der Waals surface area contributed by atoms with E-state index in [-0.39, 0.29) is 23.7 Å². The van der Waals surface area contributed by atoms with Crippen LogP contribution in [0.3, 0.4) is 0 Å². The van der Waals surface area contributed by atoms with Gasteiger partial charge in [0, 0.05) is 5.75 Å². The number of thiol groups is 1. The highest BCUT2D eigenvalue weighted by Crippen LogP contribution is 2.47. The first-order valence-corrected chi connectivity index (χ1v) is 9.05. The third-order valence-electron chi connectivity index (χ3n) is 5.49. The lowest BCUT2D eigenvalue weighted by molar-refractivity contribution is 0.00578. The lowest BCUT2D eigenvalue weighted by Gasteiger charge is -2.32. The molecule has 5 heteroatoms. The van der Waals surface area contributed by atoms with E-state index >= 15 is 0 Å². The number of benzene rings is 1. The van der Waals surface area contributed by atoms with Crippen molar-refractivity contribution in [3.63, 3.8) is 0 Å². The summed E-state index contributed by atoms with van der Waals surface area (Å²) in [6.07, 6.45) is 3.98. The molecule has 0 unspecified atom stereocenters. The van der Waals surface area contributed by atoms with E-state index in [2.05, 4.69) is 30.8 Å². The van der Waals surface area contributed by atoms with Crippen molar-refractivity contribution in [1.82, 2.24) is 0 Å². The quantitative estimate of drug-likeness (QED) is 0.660. The minimum absolute atomic E-state index is 0.269. The molecule has 1 saturated carbocycles. The maximum atomic E-state index is 9.40. The Morgan fingerprint density at radius 3 is 2.38 bits per heavy atom. The minimum atomic E-state index is -0.387. The van der Waals surface area contributed by atoms with Gasteiger partial charge in [0.05, 0.1) is 22.7 Å². The molecular formula is C19H24BNO2S. The second-order valence-electron chi connectivity index (χ2n) is 7.78. The molecule has 0 bridgehead atoms. The molecule has 1 aromatic carbocycles. The number of hydrogen-bond donors (Lipinski definition) is 1. The molecule has 126 valence electrons. The van der Waals surface area contributed by atoms with Crippen LogP contribution in [0, 0.1) is 11.3 Å². The fraction of sp³-hybridized carbons (Fsp3) is 0.526. The molecule has 1 aliphatic carbocycles. The molecular weight excluding hydrogens is 317 g/mol. The van der Waals surface area contributed by atoms with Crippen LogP contribution in [0.5, 0.6) is 0 Å². The van der Waals surface area contributed by atoms with Crippen molar-refractivity contribution in [2.24, 2.45) is 0 Å². The molecule has 0 radical (unpaired) electrons. The monoisotopic (exact) mass is 341 g/mol. The van der Waals surface area contributed by atoms with Crippen LogP contribution in [0.1, 0.15) is 51.7 Å². The van der Waals surface area contributed by atoms with Gasteiger partial charge >= 0.3 is 7.12 Å². The lowest BCUT2D eigenvalue weighted by atomic mass is 9.78. The van der Waals surface area contributed by atoms with Crippen molar-refractivity contribution in [2.45, 2.75) is 57.2 Å². The Morgan fingerprint density at radius 2 is 1.88 bits per heavy atom. The zero-order valence-electron chi connectivity index (χ0n) is 14.8. The summed E-state index contributed by atoms with van der Waals surface area (Å²) < 4.78 is 12.3. The number of hydrogen-bond acceptors (Lipinski definition) is 4. The van der Waals surface area contributed by atoms with Crippen molar-refractivity contribution in [3.8, 4) is 6.07 Å². The summed E-state index contributed by atoms with van der Waals surface area (Å²) in [6.45, 7) is 8.20. The number of nitrogens with zero attached hydrogens (tertiary/aromatic N) is 1. The summed E-state index contributed by atoms with van der Waals surface area (Å²) >= 11 is 4.47. The first-order chi connectivity index (χ1) is 11.2. The number of rotatable bonds is 4. The van der Waals surface area contributed by atoms with E-state index < -0.39 is 0 Å². The Morgan fingerprint density at radius 1 is 1.25 bits per heavy atom. The molecule has 24 heavy (non-hydrogen) atoms. The Labute approximate surface area is 150 Å². The summed E-state index contributed by atoms with van der Waals surface area (Å²) in [5.41, 5.74) is 2.17. The smallest absolute Gasteiger partial charge is 0.400 e. The standard InChI is InChI=1S/C19H24BNO2S/c1-17(2)18(3,4)23-20(22-17)16(12-24)11-14-6-5-7-15(10-14)19(13-21)8-9-19/h5-7,10-11,24H,8-9,12H2,1-4H3. The van der Waals surface area contributed by atoms with Gasteiger partial charge in [-0.15, -0.1) is 0 Å². The minimum Gasteiger partial charge on any atom is -0.400 e. The van der Waals surface area contributed by atoms with Gasteiger partial charge in [-0.1, -0.05) is 30.3 Å². The van der Waals surface area contributed by atoms with Crippen molar-refractivity contribution in [1.29, 1.82) is 5.26 Å². The molecule has 1 saturated heterocycles. The maximum Gasteiger partial charge on any atom is 0.491 e. The Balaban J connectivity index is 1.87. The first-order valence-electron chi connectivity index (χ1n) is 8.42. The summed E-state index contributed by atoms with van der Waals surface area (Å²) in [5.74, 6) is 0.560. The van der Waals surface area contributed by atoms with Gasteiger partial charge in [0.25, 0.3) is 0 Å². The molecule has 2 aliphatic rings. The van der Waals surface area contributed by atoms with Crippen LogP contribution in [0.15, 0.2) is 29.7 Å². The molecule has 1 aliphatic heterocycles. The summed E-state index contributed by atoms with van der Waals surface area (Å²) in [5, 5.41) is 9.40. The van der Waals surface area contributed by atoms with Crippen molar-refractivity contribution in [2.75, 3.05) is 5.75 Å². The average Bonchev–Trinajstić information content (AvgIpc) is 3.29. The van der Waals surface area contributed by atoms with E-state index in [0.717, 1.165) is 29.4 Å². The average molecular weight is 341 g/mol. The third kappa shape index (κ3) is 3.03. The van der Waals surface area contributed by atoms with E-state index in [0.29, 0.717) is 5.75 Å². The van der Waals surface area contributed by atoms with Gasteiger partial charge in [-0.2, -0.15) is 17.9 Å². The van der Waals surface area contributed by atoms with Crippen LogP contribution in [-0.2, 0) is 14.7 Å². The van der Waals surface area contributed by atoms with Crippen LogP contribution in [0.25, 0.3) is 6.08 Å². The van der Waals surface area contributed by atoms with Crippen molar-refractivity contribution >= 4 is 25.8 Å². The highest BCUT2D eigenvalue weighted by molar-refractivity contribution is 7.80.